The molecule has 0 spiro atoms. The first-order valence-corrected chi connectivity index (χ1v) is 10.8. The molecule has 0 aromatic carbocycles. The Hall–Kier alpha value is -2.87. The van der Waals surface area contributed by atoms with Crippen LogP contribution in [0.4, 0.5) is 11.8 Å². The molecule has 2 N–H and O–H groups in total. The van der Waals surface area contributed by atoms with Crippen LogP contribution in [0.15, 0.2) is 53.9 Å². The molecule has 2 atom stereocenters. The topological polar surface area (TPSA) is 84.9 Å². The third-order valence-electron chi connectivity index (χ3n) is 5.02. The van der Waals surface area contributed by atoms with Gasteiger partial charge in [-0.1, -0.05) is 0 Å². The molecule has 3 aromatic rings. The fourth-order valence-corrected chi connectivity index (χ4v) is 3.86. The summed E-state index contributed by atoms with van der Waals surface area (Å²) in [4.78, 5) is 18.7. The van der Waals surface area contributed by atoms with Crippen molar-refractivity contribution in [1.82, 2.24) is 19.9 Å². The van der Waals surface area contributed by atoms with Gasteiger partial charge in [0.2, 0.25) is 11.8 Å². The Bertz CT molecular complexity index is 935. The zero-order valence-corrected chi connectivity index (χ0v) is 17.3. The number of thioether (sulfide) groups is 1. The second-order valence-electron chi connectivity index (χ2n) is 6.93. The number of hydrogen-bond acceptors (Lipinski definition) is 8. The molecule has 29 heavy (non-hydrogen) atoms. The van der Waals surface area contributed by atoms with Gasteiger partial charge in [0.15, 0.2) is 0 Å². The monoisotopic (exact) mass is 408 g/mol. The van der Waals surface area contributed by atoms with E-state index in [-0.39, 0.29) is 0 Å². The van der Waals surface area contributed by atoms with Crippen LogP contribution in [0.2, 0.25) is 0 Å². The van der Waals surface area contributed by atoms with Gasteiger partial charge >= 0.3 is 0 Å². The molecule has 7 nitrogen and oxygen atoms in total. The summed E-state index contributed by atoms with van der Waals surface area (Å²) >= 11 is 1.64. The molecular weight excluding hydrogens is 384 g/mol. The standard InChI is InChI=1S/C21H24N6OS/c1-28-20-18(4-3-9-22-20)14-5-8-19(23-11-14)26-15-6-7-16(10-15)27-21-24-12-17(29-2)13-25-21/h3-5,8-9,11-13,15-16H,6-7,10H2,1-2H3,(H,23,26)(H,24,25,27)/t15-,16+/m1/s1. The van der Waals surface area contributed by atoms with Gasteiger partial charge in [0.05, 0.1) is 7.11 Å². The average Bonchev–Trinajstić information content (AvgIpc) is 3.21. The summed E-state index contributed by atoms with van der Waals surface area (Å²) in [5.41, 5.74) is 1.92. The summed E-state index contributed by atoms with van der Waals surface area (Å²) in [5.74, 6) is 2.18. The Morgan fingerprint density at radius 1 is 0.966 bits per heavy atom. The number of nitrogens with zero attached hydrogens (tertiary/aromatic N) is 4. The van der Waals surface area contributed by atoms with Crippen LogP contribution in [0.1, 0.15) is 19.3 Å². The highest BCUT2D eigenvalue weighted by molar-refractivity contribution is 7.98. The lowest BCUT2D eigenvalue weighted by atomic mass is 10.1. The summed E-state index contributed by atoms with van der Waals surface area (Å²) in [6, 6.07) is 8.68. The molecule has 1 aliphatic carbocycles. The molecule has 1 aliphatic rings. The van der Waals surface area contributed by atoms with Crippen LogP contribution in [-0.2, 0) is 0 Å². The van der Waals surface area contributed by atoms with Gasteiger partial charge in [-0.15, -0.1) is 11.8 Å². The van der Waals surface area contributed by atoms with E-state index in [2.05, 4.69) is 30.6 Å². The fourth-order valence-electron chi connectivity index (χ4n) is 3.54. The van der Waals surface area contributed by atoms with E-state index < -0.39 is 0 Å². The zero-order valence-electron chi connectivity index (χ0n) is 16.5. The van der Waals surface area contributed by atoms with E-state index in [0.29, 0.717) is 23.9 Å². The number of methoxy groups -OCH3 is 1. The molecule has 0 radical (unpaired) electrons. The maximum absolute atomic E-state index is 5.34. The van der Waals surface area contributed by atoms with Gasteiger partial charge in [-0.2, -0.15) is 0 Å². The summed E-state index contributed by atoms with van der Waals surface area (Å²) in [5, 5.41) is 6.98. The maximum Gasteiger partial charge on any atom is 0.222 e. The van der Waals surface area contributed by atoms with Crippen molar-refractivity contribution in [3.05, 3.63) is 49.1 Å². The largest absolute Gasteiger partial charge is 0.481 e. The highest BCUT2D eigenvalue weighted by Crippen LogP contribution is 2.29. The minimum absolute atomic E-state index is 0.367. The summed E-state index contributed by atoms with van der Waals surface area (Å²) in [7, 11) is 1.63. The Morgan fingerprint density at radius 3 is 2.45 bits per heavy atom. The van der Waals surface area contributed by atoms with Crippen molar-refractivity contribution in [2.75, 3.05) is 24.0 Å². The van der Waals surface area contributed by atoms with E-state index in [1.54, 1.807) is 25.1 Å². The molecule has 1 fully saturated rings. The van der Waals surface area contributed by atoms with Crippen molar-refractivity contribution in [3.63, 3.8) is 0 Å². The van der Waals surface area contributed by atoms with Gasteiger partial charge in [-0.25, -0.2) is 19.9 Å². The molecular formula is C21H24N6OS. The van der Waals surface area contributed by atoms with Crippen molar-refractivity contribution in [1.29, 1.82) is 0 Å². The molecule has 0 aliphatic heterocycles. The second-order valence-corrected chi connectivity index (χ2v) is 7.81. The molecule has 0 bridgehead atoms. The third kappa shape index (κ3) is 4.76. The molecule has 0 saturated heterocycles. The van der Waals surface area contributed by atoms with Gasteiger partial charge in [-0.05, 0) is 49.8 Å². The fraction of sp³-hybridized carbons (Fsp3) is 0.333. The van der Waals surface area contributed by atoms with Crippen molar-refractivity contribution in [3.8, 4) is 17.0 Å². The normalized spacial score (nSPS) is 18.4. The van der Waals surface area contributed by atoms with Crippen molar-refractivity contribution in [2.24, 2.45) is 0 Å². The van der Waals surface area contributed by atoms with Crippen molar-refractivity contribution < 1.29 is 4.74 Å². The van der Waals surface area contributed by atoms with E-state index in [1.807, 2.05) is 49.1 Å². The van der Waals surface area contributed by atoms with Crippen molar-refractivity contribution in [2.45, 2.75) is 36.2 Å². The van der Waals surface area contributed by atoms with E-state index in [9.17, 15) is 0 Å². The number of anilines is 2. The first-order chi connectivity index (χ1) is 14.2. The van der Waals surface area contributed by atoms with Crippen LogP contribution >= 0.6 is 11.8 Å². The van der Waals surface area contributed by atoms with Gasteiger partial charge in [0.1, 0.15) is 5.82 Å². The van der Waals surface area contributed by atoms with Crippen LogP contribution in [0.25, 0.3) is 11.1 Å². The Kier molecular flexibility index (Phi) is 6.09. The number of rotatable bonds is 7. The third-order valence-corrected chi connectivity index (χ3v) is 5.70. The lowest BCUT2D eigenvalue weighted by Crippen LogP contribution is -2.22. The van der Waals surface area contributed by atoms with E-state index >= 15 is 0 Å². The lowest BCUT2D eigenvalue weighted by Gasteiger charge is -2.15. The van der Waals surface area contributed by atoms with Crippen LogP contribution in [0, 0.1) is 0 Å². The highest BCUT2D eigenvalue weighted by atomic mass is 32.2. The number of hydrogen-bond donors (Lipinski definition) is 2. The Balaban J connectivity index is 1.34. The molecule has 3 heterocycles. The van der Waals surface area contributed by atoms with Crippen LogP contribution in [0.5, 0.6) is 5.88 Å². The van der Waals surface area contributed by atoms with E-state index in [4.69, 9.17) is 4.74 Å². The second kappa shape index (κ2) is 9.09. The molecule has 0 unspecified atom stereocenters. The predicted molar refractivity (Wildman–Crippen MR) is 117 cm³/mol. The summed E-state index contributed by atoms with van der Waals surface area (Å²) in [6.07, 6.45) is 12.5. The lowest BCUT2D eigenvalue weighted by molar-refractivity contribution is 0.399. The Labute approximate surface area is 174 Å². The minimum atomic E-state index is 0.367. The smallest absolute Gasteiger partial charge is 0.222 e. The van der Waals surface area contributed by atoms with Crippen molar-refractivity contribution >= 4 is 23.5 Å². The van der Waals surface area contributed by atoms with Crippen LogP contribution < -0.4 is 15.4 Å². The molecule has 3 aromatic heterocycles. The van der Waals surface area contributed by atoms with Crippen LogP contribution in [-0.4, -0.2) is 45.4 Å². The van der Waals surface area contributed by atoms with Crippen LogP contribution in [0.3, 0.4) is 0 Å². The van der Waals surface area contributed by atoms with E-state index in [1.165, 1.54) is 0 Å². The number of ether oxygens (including phenoxy) is 1. The SMILES string of the molecule is COc1ncccc1-c1ccc(N[C@@H]2CC[C@H](Nc3ncc(SC)cn3)C2)nc1. The molecule has 4 rings (SSSR count). The molecule has 8 heteroatoms. The number of nitrogens with one attached hydrogen (secondary N) is 2. The molecule has 150 valence electrons. The first-order valence-electron chi connectivity index (χ1n) is 9.59. The highest BCUT2D eigenvalue weighted by Gasteiger charge is 2.25. The van der Waals surface area contributed by atoms with Gasteiger partial charge in [0.25, 0.3) is 0 Å². The Morgan fingerprint density at radius 2 is 1.76 bits per heavy atom. The number of aromatic nitrogens is 4. The van der Waals surface area contributed by atoms with Gasteiger partial charge in [-0.3, -0.25) is 0 Å². The van der Waals surface area contributed by atoms with Gasteiger partial charge in [0, 0.05) is 52.9 Å². The number of pyridine rings is 2. The quantitative estimate of drug-likeness (QED) is 0.565. The molecule has 0 amide bonds. The first kappa shape index (κ1) is 19.4. The molecule has 1 saturated carbocycles. The van der Waals surface area contributed by atoms with Gasteiger partial charge < -0.3 is 15.4 Å². The maximum atomic E-state index is 5.34. The minimum Gasteiger partial charge on any atom is -0.481 e. The average molecular weight is 409 g/mol. The summed E-state index contributed by atoms with van der Waals surface area (Å²) in [6.45, 7) is 0. The predicted octanol–water partition coefficient (Wildman–Crippen LogP) is 4.11. The summed E-state index contributed by atoms with van der Waals surface area (Å²) < 4.78 is 5.34. The van der Waals surface area contributed by atoms with E-state index in [0.717, 1.165) is 41.1 Å². The zero-order chi connectivity index (χ0) is 20.1.